The number of thiophene rings is 1. The van der Waals surface area contributed by atoms with Gasteiger partial charge in [0.2, 0.25) is 0 Å². The first-order valence-electron chi connectivity index (χ1n) is 7.63. The Labute approximate surface area is 139 Å². The average molecular weight is 332 g/mol. The van der Waals surface area contributed by atoms with Gasteiger partial charge in [0.25, 0.3) is 0 Å². The molecule has 3 heterocycles. The van der Waals surface area contributed by atoms with Crippen molar-refractivity contribution in [3.63, 3.8) is 0 Å². The molecule has 0 bridgehead atoms. The maximum Gasteiger partial charge on any atom is 0.315 e. The zero-order chi connectivity index (χ0) is 16.1. The van der Waals surface area contributed by atoms with Crippen LogP contribution in [0.2, 0.25) is 0 Å². The first kappa shape index (κ1) is 15.8. The quantitative estimate of drug-likeness (QED) is 0.780. The molecular weight excluding hydrogens is 312 g/mol. The number of aliphatic hydroxyl groups excluding tert-OH is 1. The highest BCUT2D eigenvalue weighted by atomic mass is 32.1. The molecule has 6 nitrogen and oxygen atoms in total. The largest absolute Gasteiger partial charge is 0.387 e. The second-order valence-electron chi connectivity index (χ2n) is 5.55. The maximum absolute atomic E-state index is 12.0. The zero-order valence-electron chi connectivity index (χ0n) is 12.7. The highest BCUT2D eigenvalue weighted by Crippen LogP contribution is 2.17. The van der Waals surface area contributed by atoms with Crippen molar-refractivity contribution >= 4 is 23.2 Å². The summed E-state index contributed by atoms with van der Waals surface area (Å²) < 4.78 is 0. The molecule has 2 aromatic heterocycles. The minimum atomic E-state index is -0.666. The number of hydrogen-bond donors (Lipinski definition) is 3. The van der Waals surface area contributed by atoms with E-state index in [0.29, 0.717) is 0 Å². The van der Waals surface area contributed by atoms with Crippen LogP contribution in [-0.2, 0) is 0 Å². The Bertz CT molecular complexity index is 620. The van der Waals surface area contributed by atoms with Gasteiger partial charge in [-0.15, -0.1) is 0 Å². The Morgan fingerprint density at radius 1 is 1.48 bits per heavy atom. The number of aliphatic hydroxyl groups is 1. The van der Waals surface area contributed by atoms with Crippen molar-refractivity contribution in [2.24, 2.45) is 0 Å². The minimum absolute atomic E-state index is 0.0929. The van der Waals surface area contributed by atoms with E-state index in [1.54, 1.807) is 6.20 Å². The summed E-state index contributed by atoms with van der Waals surface area (Å²) in [5.74, 6) is 0.935. The normalized spacial score (nSPS) is 18.7. The number of amides is 2. The van der Waals surface area contributed by atoms with E-state index in [1.807, 2.05) is 35.0 Å². The molecule has 0 saturated carbocycles. The van der Waals surface area contributed by atoms with Gasteiger partial charge in [-0.3, -0.25) is 0 Å². The SMILES string of the molecule is O=C(NCC(O)c1ccsc1)NC1CCN(c2ccccn2)C1. The fourth-order valence-electron chi connectivity index (χ4n) is 2.64. The van der Waals surface area contributed by atoms with E-state index in [1.165, 1.54) is 11.3 Å². The van der Waals surface area contributed by atoms with Crippen molar-refractivity contribution in [1.82, 2.24) is 15.6 Å². The minimum Gasteiger partial charge on any atom is -0.387 e. The van der Waals surface area contributed by atoms with Crippen LogP contribution in [0, 0.1) is 0 Å². The predicted molar refractivity (Wildman–Crippen MR) is 90.7 cm³/mol. The van der Waals surface area contributed by atoms with E-state index < -0.39 is 6.10 Å². The Balaban J connectivity index is 1.42. The molecule has 2 unspecified atom stereocenters. The van der Waals surface area contributed by atoms with E-state index >= 15 is 0 Å². The molecule has 3 rings (SSSR count). The number of urea groups is 1. The van der Waals surface area contributed by atoms with Gasteiger partial charge in [-0.05, 0) is 40.9 Å². The lowest BCUT2D eigenvalue weighted by molar-refractivity contribution is 0.173. The molecule has 23 heavy (non-hydrogen) atoms. The maximum atomic E-state index is 12.0. The number of aromatic nitrogens is 1. The van der Waals surface area contributed by atoms with Gasteiger partial charge in [0.15, 0.2) is 0 Å². The molecule has 1 saturated heterocycles. The van der Waals surface area contributed by atoms with E-state index in [4.69, 9.17) is 0 Å². The van der Waals surface area contributed by atoms with Gasteiger partial charge in [0.1, 0.15) is 5.82 Å². The number of anilines is 1. The standard InChI is InChI=1S/C16H20N4O2S/c21-14(12-5-8-23-11-12)9-18-16(22)19-13-4-7-20(10-13)15-3-1-2-6-17-15/h1-3,5-6,8,11,13-14,21H,4,7,9-10H2,(H2,18,19,22). The van der Waals surface area contributed by atoms with Crippen LogP contribution in [-0.4, -0.2) is 41.8 Å². The molecule has 122 valence electrons. The fraction of sp³-hybridized carbons (Fsp3) is 0.375. The highest BCUT2D eigenvalue weighted by molar-refractivity contribution is 7.07. The molecule has 0 spiro atoms. The molecule has 1 aliphatic heterocycles. The van der Waals surface area contributed by atoms with Gasteiger partial charge in [-0.1, -0.05) is 6.07 Å². The molecule has 3 N–H and O–H groups in total. The molecule has 0 aliphatic carbocycles. The molecule has 2 aromatic rings. The van der Waals surface area contributed by atoms with E-state index in [9.17, 15) is 9.90 Å². The van der Waals surface area contributed by atoms with Crippen LogP contribution in [0.5, 0.6) is 0 Å². The molecule has 7 heteroatoms. The fourth-order valence-corrected chi connectivity index (χ4v) is 3.34. The number of carbonyl (C=O) groups excluding carboxylic acids is 1. The van der Waals surface area contributed by atoms with E-state index in [0.717, 1.165) is 30.9 Å². The van der Waals surface area contributed by atoms with Crippen LogP contribution in [0.3, 0.4) is 0 Å². The van der Waals surface area contributed by atoms with Crippen molar-refractivity contribution in [3.8, 4) is 0 Å². The van der Waals surface area contributed by atoms with Crippen LogP contribution in [0.25, 0.3) is 0 Å². The molecule has 1 fully saturated rings. The van der Waals surface area contributed by atoms with Crippen LogP contribution in [0.1, 0.15) is 18.1 Å². The van der Waals surface area contributed by atoms with Crippen molar-refractivity contribution in [3.05, 3.63) is 46.8 Å². The summed E-state index contributed by atoms with van der Waals surface area (Å²) in [6.45, 7) is 1.83. The Morgan fingerprint density at radius 3 is 3.13 bits per heavy atom. The summed E-state index contributed by atoms with van der Waals surface area (Å²) in [5.41, 5.74) is 0.831. The lowest BCUT2D eigenvalue weighted by Gasteiger charge is -2.18. The van der Waals surface area contributed by atoms with Crippen LogP contribution < -0.4 is 15.5 Å². The number of rotatable bonds is 5. The Kier molecular flexibility index (Phi) is 5.09. The van der Waals surface area contributed by atoms with Crippen LogP contribution in [0.15, 0.2) is 41.2 Å². The Hall–Kier alpha value is -2.12. The molecule has 2 amide bonds. The zero-order valence-corrected chi connectivity index (χ0v) is 13.5. The van der Waals surface area contributed by atoms with Gasteiger partial charge < -0.3 is 20.6 Å². The van der Waals surface area contributed by atoms with E-state index in [-0.39, 0.29) is 18.6 Å². The number of carbonyl (C=O) groups is 1. The summed E-state index contributed by atoms with van der Waals surface area (Å²) in [4.78, 5) is 18.4. The van der Waals surface area contributed by atoms with Crippen molar-refractivity contribution in [2.45, 2.75) is 18.6 Å². The van der Waals surface area contributed by atoms with Crippen LogP contribution >= 0.6 is 11.3 Å². The summed E-state index contributed by atoms with van der Waals surface area (Å²) >= 11 is 1.53. The monoisotopic (exact) mass is 332 g/mol. The number of nitrogens with zero attached hydrogens (tertiary/aromatic N) is 2. The third-order valence-electron chi connectivity index (χ3n) is 3.88. The molecule has 0 aromatic carbocycles. The van der Waals surface area contributed by atoms with Crippen molar-refractivity contribution in [1.29, 1.82) is 0 Å². The molecule has 1 aliphatic rings. The summed E-state index contributed by atoms with van der Waals surface area (Å²) in [5, 5.41) is 19.4. The smallest absolute Gasteiger partial charge is 0.315 e. The van der Waals surface area contributed by atoms with Gasteiger partial charge in [0, 0.05) is 31.9 Å². The average Bonchev–Trinajstić information content (AvgIpc) is 3.25. The van der Waals surface area contributed by atoms with Gasteiger partial charge in [0.05, 0.1) is 6.10 Å². The lowest BCUT2D eigenvalue weighted by atomic mass is 10.2. The Morgan fingerprint density at radius 2 is 2.39 bits per heavy atom. The first-order valence-corrected chi connectivity index (χ1v) is 8.57. The van der Waals surface area contributed by atoms with Crippen LogP contribution in [0.4, 0.5) is 10.6 Å². The number of nitrogens with one attached hydrogen (secondary N) is 2. The topological polar surface area (TPSA) is 77.5 Å². The number of hydrogen-bond acceptors (Lipinski definition) is 5. The van der Waals surface area contributed by atoms with Gasteiger partial charge in [-0.25, -0.2) is 9.78 Å². The van der Waals surface area contributed by atoms with Gasteiger partial charge in [-0.2, -0.15) is 11.3 Å². The molecule has 2 atom stereocenters. The van der Waals surface area contributed by atoms with E-state index in [2.05, 4.69) is 20.5 Å². The second-order valence-corrected chi connectivity index (χ2v) is 6.33. The summed E-state index contributed by atoms with van der Waals surface area (Å²) in [7, 11) is 0. The second kappa shape index (κ2) is 7.43. The first-order chi connectivity index (χ1) is 11.2. The third kappa shape index (κ3) is 4.20. The van der Waals surface area contributed by atoms with Gasteiger partial charge >= 0.3 is 6.03 Å². The van der Waals surface area contributed by atoms with Crippen molar-refractivity contribution in [2.75, 3.05) is 24.5 Å². The predicted octanol–water partition coefficient (Wildman–Crippen LogP) is 1.75. The number of pyridine rings is 1. The third-order valence-corrected chi connectivity index (χ3v) is 4.58. The highest BCUT2D eigenvalue weighted by Gasteiger charge is 2.24. The molecule has 0 radical (unpaired) electrons. The molecular formula is C16H20N4O2S. The summed E-state index contributed by atoms with van der Waals surface area (Å²) in [6.07, 6.45) is 1.99. The summed E-state index contributed by atoms with van der Waals surface area (Å²) in [6, 6.07) is 7.53. The lowest BCUT2D eigenvalue weighted by Crippen LogP contribution is -2.44. The van der Waals surface area contributed by atoms with Crippen molar-refractivity contribution < 1.29 is 9.90 Å².